The Morgan fingerprint density at radius 2 is 2.10 bits per heavy atom. The molecule has 1 fully saturated rings. The van der Waals surface area contributed by atoms with E-state index in [1.54, 1.807) is 0 Å². The number of hydrogen-bond acceptors (Lipinski definition) is 4. The molecule has 2 unspecified atom stereocenters. The third-order valence-corrected chi connectivity index (χ3v) is 3.75. The highest BCUT2D eigenvalue weighted by molar-refractivity contribution is 6.32. The van der Waals surface area contributed by atoms with Crippen LogP contribution in [0.3, 0.4) is 0 Å². The molecule has 0 bridgehead atoms. The number of hydrogen-bond donors (Lipinski definition) is 2. The fourth-order valence-corrected chi connectivity index (χ4v) is 2.53. The van der Waals surface area contributed by atoms with Crippen molar-refractivity contribution in [2.75, 3.05) is 5.32 Å². The van der Waals surface area contributed by atoms with E-state index in [1.165, 1.54) is 0 Å². The summed E-state index contributed by atoms with van der Waals surface area (Å²) in [5, 5.41) is 15.8. The molecule has 2 atom stereocenters. The molecule has 1 saturated carbocycles. The van der Waals surface area contributed by atoms with E-state index in [2.05, 4.69) is 10.4 Å². The second-order valence-electron chi connectivity index (χ2n) is 5.05. The Morgan fingerprint density at radius 1 is 1.43 bits per heavy atom. The summed E-state index contributed by atoms with van der Waals surface area (Å²) in [6.07, 6.45) is -0.876. The Hall–Kier alpha value is -1.28. The maximum absolute atomic E-state index is 12.3. The van der Waals surface area contributed by atoms with Crippen LogP contribution in [-0.2, 0) is 6.54 Å². The maximum Gasteiger partial charge on any atom is 0.408 e. The first-order valence-corrected chi connectivity index (χ1v) is 6.92. The molecule has 118 valence electrons. The van der Waals surface area contributed by atoms with Gasteiger partial charge < -0.3 is 10.4 Å². The molecule has 9 heteroatoms. The van der Waals surface area contributed by atoms with Gasteiger partial charge in [-0.25, -0.2) is 4.68 Å². The fourth-order valence-electron chi connectivity index (χ4n) is 2.33. The van der Waals surface area contributed by atoms with Crippen LogP contribution >= 0.6 is 11.6 Å². The van der Waals surface area contributed by atoms with Crippen molar-refractivity contribution in [2.24, 2.45) is 0 Å². The first kappa shape index (κ1) is 16.1. The summed E-state index contributed by atoms with van der Waals surface area (Å²) in [6, 6.07) is -0.282. The number of aromatic nitrogens is 2. The second-order valence-corrected chi connectivity index (χ2v) is 5.43. The zero-order valence-electron chi connectivity index (χ0n) is 11.0. The van der Waals surface area contributed by atoms with Crippen LogP contribution in [0.1, 0.15) is 25.7 Å². The van der Waals surface area contributed by atoms with Crippen LogP contribution in [0.2, 0.25) is 5.02 Å². The van der Waals surface area contributed by atoms with Crippen molar-refractivity contribution in [1.29, 1.82) is 0 Å². The minimum absolute atomic E-state index is 0.144. The molecule has 0 saturated heterocycles. The molecule has 0 aliphatic heterocycles. The van der Waals surface area contributed by atoms with E-state index in [1.807, 2.05) is 0 Å². The lowest BCUT2D eigenvalue weighted by Gasteiger charge is -2.29. The molecule has 1 heterocycles. The van der Waals surface area contributed by atoms with Crippen molar-refractivity contribution in [1.82, 2.24) is 9.78 Å². The molecule has 1 aromatic rings. The number of nitrogens with zero attached hydrogens (tertiary/aromatic N) is 2. The highest BCUT2D eigenvalue weighted by atomic mass is 35.5. The molecule has 0 aromatic carbocycles. The van der Waals surface area contributed by atoms with Crippen LogP contribution in [0.5, 0.6) is 0 Å². The normalized spacial score (nSPS) is 23.1. The molecule has 0 radical (unpaired) electrons. The van der Waals surface area contributed by atoms with Crippen molar-refractivity contribution in [2.45, 2.75) is 50.6 Å². The number of anilines is 1. The van der Waals surface area contributed by atoms with Crippen molar-refractivity contribution < 1.29 is 18.3 Å². The summed E-state index contributed by atoms with van der Waals surface area (Å²) < 4.78 is 37.1. The average molecular weight is 326 g/mol. The molecular weight excluding hydrogens is 311 g/mol. The second kappa shape index (κ2) is 6.23. The van der Waals surface area contributed by atoms with E-state index in [0.29, 0.717) is 12.8 Å². The molecule has 1 aliphatic carbocycles. The quantitative estimate of drug-likeness (QED) is 0.894. The number of aliphatic hydroxyl groups is 1. The zero-order chi connectivity index (χ0) is 15.6. The smallest absolute Gasteiger partial charge is 0.391 e. The monoisotopic (exact) mass is 325 g/mol. The number of alkyl halides is 3. The highest BCUT2D eigenvalue weighted by Crippen LogP contribution is 2.25. The number of nitrogens with one attached hydrogen (secondary N) is 1. The molecule has 0 amide bonds. The van der Waals surface area contributed by atoms with E-state index < -0.39 is 24.4 Å². The highest BCUT2D eigenvalue weighted by Gasteiger charge is 2.30. The van der Waals surface area contributed by atoms with Gasteiger partial charge in [0.15, 0.2) is 0 Å². The van der Waals surface area contributed by atoms with Gasteiger partial charge in [0.1, 0.15) is 11.6 Å². The van der Waals surface area contributed by atoms with Crippen molar-refractivity contribution in [3.05, 3.63) is 21.6 Å². The molecule has 1 aliphatic rings. The predicted molar refractivity (Wildman–Crippen MR) is 71.4 cm³/mol. The van der Waals surface area contributed by atoms with Crippen LogP contribution in [0, 0.1) is 0 Å². The third-order valence-electron chi connectivity index (χ3n) is 3.38. The lowest BCUT2D eigenvalue weighted by atomic mass is 9.92. The Morgan fingerprint density at radius 3 is 2.71 bits per heavy atom. The zero-order valence-corrected chi connectivity index (χ0v) is 11.8. The summed E-state index contributed by atoms with van der Waals surface area (Å²) in [6.45, 7) is -1.49. The Bertz CT molecular complexity index is 562. The van der Waals surface area contributed by atoms with Crippen molar-refractivity contribution in [3.63, 3.8) is 0 Å². The van der Waals surface area contributed by atoms with Gasteiger partial charge in [-0.15, -0.1) is 0 Å². The first-order chi connectivity index (χ1) is 9.78. The Balaban J connectivity index is 2.18. The standard InChI is InChI=1S/C12H15ClF3N3O2/c13-10-8(18-7-3-1-2-4-9(7)20)5-17-19(11(10)21)6-12(14,15)16/h5,7,9,18,20H,1-4,6H2. The first-order valence-electron chi connectivity index (χ1n) is 6.55. The van der Waals surface area contributed by atoms with Crippen molar-refractivity contribution in [3.8, 4) is 0 Å². The third kappa shape index (κ3) is 4.10. The summed E-state index contributed by atoms with van der Waals surface area (Å²) in [7, 11) is 0. The van der Waals surface area contributed by atoms with E-state index in [0.717, 1.165) is 19.0 Å². The predicted octanol–water partition coefficient (Wildman–Crippen LogP) is 2.17. The summed E-state index contributed by atoms with van der Waals surface area (Å²) in [5.74, 6) is 0. The minimum Gasteiger partial charge on any atom is -0.391 e. The maximum atomic E-state index is 12.3. The lowest BCUT2D eigenvalue weighted by molar-refractivity contribution is -0.143. The van der Waals surface area contributed by atoms with Crippen LogP contribution in [0.15, 0.2) is 11.0 Å². The van der Waals surface area contributed by atoms with E-state index in [-0.39, 0.29) is 21.4 Å². The molecule has 2 N–H and O–H groups in total. The molecule has 1 aromatic heterocycles. The van der Waals surface area contributed by atoms with E-state index in [9.17, 15) is 23.1 Å². The minimum atomic E-state index is -4.55. The average Bonchev–Trinajstić information content (AvgIpc) is 2.39. The number of halogens is 4. The van der Waals surface area contributed by atoms with Gasteiger partial charge in [0.05, 0.1) is 24.0 Å². The van der Waals surface area contributed by atoms with Crippen LogP contribution in [0.25, 0.3) is 0 Å². The van der Waals surface area contributed by atoms with Gasteiger partial charge in [-0.3, -0.25) is 4.79 Å². The van der Waals surface area contributed by atoms with Gasteiger partial charge in [0.2, 0.25) is 0 Å². The number of rotatable bonds is 3. The molecule has 0 spiro atoms. The fraction of sp³-hybridized carbons (Fsp3) is 0.667. The molecular formula is C12H15ClF3N3O2. The Labute approximate surface area is 123 Å². The number of aliphatic hydroxyl groups excluding tert-OH is 1. The Kier molecular flexibility index (Phi) is 4.77. The van der Waals surface area contributed by atoms with Crippen LogP contribution < -0.4 is 10.9 Å². The molecule has 21 heavy (non-hydrogen) atoms. The van der Waals surface area contributed by atoms with Gasteiger partial charge in [-0.05, 0) is 12.8 Å². The van der Waals surface area contributed by atoms with Gasteiger partial charge in [-0.1, -0.05) is 24.4 Å². The van der Waals surface area contributed by atoms with Gasteiger partial charge in [-0.2, -0.15) is 18.3 Å². The molecule has 5 nitrogen and oxygen atoms in total. The van der Waals surface area contributed by atoms with Gasteiger partial charge >= 0.3 is 6.18 Å². The van der Waals surface area contributed by atoms with Gasteiger partial charge in [0, 0.05) is 0 Å². The van der Waals surface area contributed by atoms with E-state index >= 15 is 0 Å². The topological polar surface area (TPSA) is 67.2 Å². The van der Waals surface area contributed by atoms with Crippen LogP contribution in [0.4, 0.5) is 18.9 Å². The summed E-state index contributed by atoms with van der Waals surface area (Å²) in [4.78, 5) is 11.8. The SMILES string of the molecule is O=c1c(Cl)c(NC2CCCCC2O)cnn1CC(F)(F)F. The van der Waals surface area contributed by atoms with E-state index in [4.69, 9.17) is 11.6 Å². The van der Waals surface area contributed by atoms with Gasteiger partial charge in [0.25, 0.3) is 5.56 Å². The largest absolute Gasteiger partial charge is 0.408 e. The summed E-state index contributed by atoms with van der Waals surface area (Å²) in [5.41, 5.74) is -0.865. The van der Waals surface area contributed by atoms with Crippen molar-refractivity contribution >= 4 is 17.3 Å². The van der Waals surface area contributed by atoms with Crippen LogP contribution in [-0.4, -0.2) is 33.2 Å². The molecule has 2 rings (SSSR count). The summed E-state index contributed by atoms with van der Waals surface area (Å²) >= 11 is 5.81. The lowest BCUT2D eigenvalue weighted by Crippen LogP contribution is -2.37.